The molecule has 0 atom stereocenters. The van der Waals surface area contributed by atoms with Gasteiger partial charge in [-0.1, -0.05) is 26.0 Å². The van der Waals surface area contributed by atoms with Gasteiger partial charge in [0.05, 0.1) is 0 Å². The SMILES string of the molecule is Cc1ccc(C(=O)CC(C)C)cc1F. The average Bonchev–Trinajstić information content (AvgIpc) is 2.08. The highest BCUT2D eigenvalue weighted by Crippen LogP contribution is 2.13. The second-order valence-electron chi connectivity index (χ2n) is 3.99. The summed E-state index contributed by atoms with van der Waals surface area (Å²) in [7, 11) is 0. The third-order valence-electron chi connectivity index (χ3n) is 2.09. The molecule has 1 aromatic carbocycles. The van der Waals surface area contributed by atoms with E-state index in [0.717, 1.165) is 0 Å². The van der Waals surface area contributed by atoms with E-state index in [-0.39, 0.29) is 11.6 Å². The summed E-state index contributed by atoms with van der Waals surface area (Å²) in [6, 6.07) is 4.64. The summed E-state index contributed by atoms with van der Waals surface area (Å²) < 4.78 is 13.1. The molecule has 76 valence electrons. The Balaban J connectivity index is 2.86. The Bertz CT molecular complexity index is 342. The molecule has 0 heterocycles. The Morgan fingerprint density at radius 3 is 2.57 bits per heavy atom. The van der Waals surface area contributed by atoms with E-state index in [4.69, 9.17) is 0 Å². The maximum Gasteiger partial charge on any atom is 0.163 e. The normalized spacial score (nSPS) is 10.6. The molecular formula is C12H15FO. The van der Waals surface area contributed by atoms with Crippen LogP contribution in [-0.4, -0.2) is 5.78 Å². The molecule has 0 unspecified atom stereocenters. The van der Waals surface area contributed by atoms with Crippen LogP contribution in [-0.2, 0) is 0 Å². The molecule has 0 aliphatic carbocycles. The van der Waals surface area contributed by atoms with Gasteiger partial charge in [0, 0.05) is 12.0 Å². The molecule has 1 nitrogen and oxygen atoms in total. The highest BCUT2D eigenvalue weighted by molar-refractivity contribution is 5.96. The number of benzene rings is 1. The molecule has 0 N–H and O–H groups in total. The first-order chi connectivity index (χ1) is 6.50. The quantitative estimate of drug-likeness (QED) is 0.674. The lowest BCUT2D eigenvalue weighted by molar-refractivity contribution is 0.0967. The molecular weight excluding hydrogens is 179 g/mol. The Labute approximate surface area is 83.9 Å². The molecule has 0 aliphatic heterocycles. The van der Waals surface area contributed by atoms with E-state index in [1.165, 1.54) is 6.07 Å². The summed E-state index contributed by atoms with van der Waals surface area (Å²) in [5.41, 5.74) is 1.05. The number of carbonyl (C=O) groups is 1. The van der Waals surface area contributed by atoms with Crippen molar-refractivity contribution in [3.05, 3.63) is 35.1 Å². The van der Waals surface area contributed by atoms with Crippen LogP contribution in [0.5, 0.6) is 0 Å². The Morgan fingerprint density at radius 2 is 2.07 bits per heavy atom. The number of hydrogen-bond donors (Lipinski definition) is 0. The topological polar surface area (TPSA) is 17.1 Å². The van der Waals surface area contributed by atoms with Gasteiger partial charge in [-0.15, -0.1) is 0 Å². The lowest BCUT2D eigenvalue weighted by atomic mass is 10.0. The van der Waals surface area contributed by atoms with Crippen molar-refractivity contribution in [2.45, 2.75) is 27.2 Å². The van der Waals surface area contributed by atoms with Gasteiger partial charge in [-0.2, -0.15) is 0 Å². The van der Waals surface area contributed by atoms with Gasteiger partial charge in [-0.25, -0.2) is 4.39 Å². The van der Waals surface area contributed by atoms with Crippen molar-refractivity contribution in [3.63, 3.8) is 0 Å². The summed E-state index contributed by atoms with van der Waals surface area (Å²) in [5, 5.41) is 0. The first-order valence-corrected chi connectivity index (χ1v) is 4.80. The molecule has 0 aromatic heterocycles. The van der Waals surface area contributed by atoms with E-state index >= 15 is 0 Å². The van der Waals surface area contributed by atoms with Gasteiger partial charge in [0.2, 0.25) is 0 Å². The molecule has 0 saturated heterocycles. The van der Waals surface area contributed by atoms with Crippen LogP contribution in [0.3, 0.4) is 0 Å². The molecule has 0 aliphatic rings. The van der Waals surface area contributed by atoms with Gasteiger partial charge in [-0.3, -0.25) is 4.79 Å². The lowest BCUT2D eigenvalue weighted by Crippen LogP contribution is -2.04. The van der Waals surface area contributed by atoms with Crippen LogP contribution in [0.15, 0.2) is 18.2 Å². The van der Waals surface area contributed by atoms with Crippen LogP contribution in [0.2, 0.25) is 0 Å². The van der Waals surface area contributed by atoms with Crippen LogP contribution in [0, 0.1) is 18.7 Å². The minimum Gasteiger partial charge on any atom is -0.294 e. The zero-order valence-corrected chi connectivity index (χ0v) is 8.80. The van der Waals surface area contributed by atoms with Crippen molar-refractivity contribution in [2.75, 3.05) is 0 Å². The number of Topliss-reactive ketones (excluding diaryl/α,β-unsaturated/α-hetero) is 1. The van der Waals surface area contributed by atoms with Gasteiger partial charge in [-0.05, 0) is 24.5 Å². The number of carbonyl (C=O) groups excluding carboxylic acids is 1. The van der Waals surface area contributed by atoms with E-state index in [1.807, 2.05) is 13.8 Å². The first kappa shape index (κ1) is 10.9. The number of ketones is 1. The maximum absolute atomic E-state index is 13.1. The third-order valence-corrected chi connectivity index (χ3v) is 2.09. The fourth-order valence-corrected chi connectivity index (χ4v) is 1.25. The highest BCUT2D eigenvalue weighted by atomic mass is 19.1. The van der Waals surface area contributed by atoms with Crippen molar-refractivity contribution in [3.8, 4) is 0 Å². The van der Waals surface area contributed by atoms with Crippen molar-refractivity contribution in [2.24, 2.45) is 5.92 Å². The van der Waals surface area contributed by atoms with Crippen LogP contribution < -0.4 is 0 Å². The van der Waals surface area contributed by atoms with E-state index in [2.05, 4.69) is 0 Å². The predicted octanol–water partition coefficient (Wildman–Crippen LogP) is 3.36. The zero-order valence-electron chi connectivity index (χ0n) is 8.80. The van der Waals surface area contributed by atoms with Gasteiger partial charge >= 0.3 is 0 Å². The van der Waals surface area contributed by atoms with Gasteiger partial charge in [0.25, 0.3) is 0 Å². The molecule has 1 rings (SSSR count). The largest absolute Gasteiger partial charge is 0.294 e. The fraction of sp³-hybridized carbons (Fsp3) is 0.417. The molecule has 0 bridgehead atoms. The third kappa shape index (κ3) is 2.66. The Morgan fingerprint density at radius 1 is 1.43 bits per heavy atom. The number of hydrogen-bond acceptors (Lipinski definition) is 1. The smallest absolute Gasteiger partial charge is 0.163 e. The Hall–Kier alpha value is -1.18. The monoisotopic (exact) mass is 194 g/mol. The average molecular weight is 194 g/mol. The summed E-state index contributed by atoms with van der Waals surface area (Å²) in [6.45, 7) is 5.64. The van der Waals surface area contributed by atoms with Crippen molar-refractivity contribution in [1.29, 1.82) is 0 Å². The molecule has 14 heavy (non-hydrogen) atoms. The number of aryl methyl sites for hydroxylation is 1. The molecule has 0 radical (unpaired) electrons. The minimum atomic E-state index is -0.306. The number of rotatable bonds is 3. The second-order valence-corrected chi connectivity index (χ2v) is 3.99. The molecule has 1 aromatic rings. The summed E-state index contributed by atoms with van der Waals surface area (Å²) in [4.78, 5) is 11.6. The lowest BCUT2D eigenvalue weighted by Gasteiger charge is -2.04. The van der Waals surface area contributed by atoms with Gasteiger partial charge < -0.3 is 0 Å². The van der Waals surface area contributed by atoms with Gasteiger partial charge in [0.15, 0.2) is 5.78 Å². The summed E-state index contributed by atoms with van der Waals surface area (Å²) in [5.74, 6) is 0.0189. The van der Waals surface area contributed by atoms with E-state index in [1.54, 1.807) is 19.1 Å². The van der Waals surface area contributed by atoms with E-state index in [9.17, 15) is 9.18 Å². The second kappa shape index (κ2) is 4.36. The van der Waals surface area contributed by atoms with Crippen molar-refractivity contribution >= 4 is 5.78 Å². The summed E-state index contributed by atoms with van der Waals surface area (Å²) in [6.07, 6.45) is 0.475. The molecule has 2 heteroatoms. The van der Waals surface area contributed by atoms with Crippen molar-refractivity contribution in [1.82, 2.24) is 0 Å². The first-order valence-electron chi connectivity index (χ1n) is 4.80. The fourth-order valence-electron chi connectivity index (χ4n) is 1.25. The zero-order chi connectivity index (χ0) is 10.7. The maximum atomic E-state index is 13.1. The van der Waals surface area contributed by atoms with E-state index < -0.39 is 0 Å². The van der Waals surface area contributed by atoms with E-state index in [0.29, 0.717) is 23.5 Å². The van der Waals surface area contributed by atoms with Crippen LogP contribution in [0.4, 0.5) is 4.39 Å². The minimum absolute atomic E-state index is 0.0129. The van der Waals surface area contributed by atoms with Gasteiger partial charge in [0.1, 0.15) is 5.82 Å². The van der Waals surface area contributed by atoms with Crippen LogP contribution in [0.25, 0.3) is 0 Å². The van der Waals surface area contributed by atoms with Crippen molar-refractivity contribution < 1.29 is 9.18 Å². The molecule has 0 saturated carbocycles. The predicted molar refractivity (Wildman–Crippen MR) is 54.9 cm³/mol. The molecule has 0 fully saturated rings. The van der Waals surface area contributed by atoms with Crippen LogP contribution >= 0.6 is 0 Å². The summed E-state index contributed by atoms with van der Waals surface area (Å²) >= 11 is 0. The highest BCUT2D eigenvalue weighted by Gasteiger charge is 2.09. The number of halogens is 1. The molecule has 0 spiro atoms. The molecule has 0 amide bonds. The standard InChI is InChI=1S/C12H15FO/c1-8(2)6-12(14)10-5-4-9(3)11(13)7-10/h4-5,7-8H,6H2,1-3H3. The van der Waals surface area contributed by atoms with Crippen LogP contribution in [0.1, 0.15) is 36.2 Å². The Kier molecular flexibility index (Phi) is 3.39.